The molecule has 1 rings (SSSR count). The predicted molar refractivity (Wildman–Crippen MR) is 65.3 cm³/mol. The van der Waals surface area contributed by atoms with Gasteiger partial charge in [-0.1, -0.05) is 13.8 Å². The van der Waals surface area contributed by atoms with Crippen molar-refractivity contribution in [2.75, 3.05) is 13.2 Å². The molecule has 94 valence electrons. The molecule has 0 amide bonds. The van der Waals surface area contributed by atoms with Crippen LogP contribution in [0.15, 0.2) is 0 Å². The topological polar surface area (TPSA) is 52.3 Å². The summed E-state index contributed by atoms with van der Waals surface area (Å²) in [6.07, 6.45) is 5.77. The second-order valence-corrected chi connectivity index (χ2v) is 4.79. The third-order valence-corrected chi connectivity index (χ3v) is 4.05. The molecule has 0 radical (unpaired) electrons. The normalized spacial score (nSPS) is 21.3. The van der Waals surface area contributed by atoms with Gasteiger partial charge in [0.15, 0.2) is 0 Å². The Morgan fingerprint density at radius 2 is 2.12 bits per heavy atom. The summed E-state index contributed by atoms with van der Waals surface area (Å²) >= 11 is 0. The van der Waals surface area contributed by atoms with Crippen LogP contribution < -0.4 is 5.73 Å². The van der Waals surface area contributed by atoms with Crippen molar-refractivity contribution in [2.24, 2.45) is 11.1 Å². The van der Waals surface area contributed by atoms with E-state index in [1.807, 2.05) is 0 Å². The van der Waals surface area contributed by atoms with Crippen LogP contribution in [0.4, 0.5) is 0 Å². The van der Waals surface area contributed by atoms with Crippen molar-refractivity contribution in [3.8, 4) is 0 Å². The summed E-state index contributed by atoms with van der Waals surface area (Å²) in [4.78, 5) is 12.2. The van der Waals surface area contributed by atoms with E-state index in [0.29, 0.717) is 24.9 Å². The van der Waals surface area contributed by atoms with Gasteiger partial charge in [-0.15, -0.1) is 0 Å². The second kappa shape index (κ2) is 6.36. The fourth-order valence-corrected chi connectivity index (χ4v) is 2.48. The third-order valence-electron chi connectivity index (χ3n) is 4.05. The average molecular weight is 227 g/mol. The SMILES string of the molecule is CCC(CC)(CN)C(=O)CCC1CCCO1. The van der Waals surface area contributed by atoms with Crippen LogP contribution in [0.5, 0.6) is 0 Å². The standard InChI is InChI=1S/C13H25NO2/c1-3-13(4-2,10-14)12(15)8-7-11-6-5-9-16-11/h11H,3-10,14H2,1-2H3. The van der Waals surface area contributed by atoms with Crippen LogP contribution in [0.25, 0.3) is 0 Å². The highest BCUT2D eigenvalue weighted by Crippen LogP contribution is 2.29. The average Bonchev–Trinajstić information content (AvgIpc) is 2.82. The molecular formula is C13H25NO2. The van der Waals surface area contributed by atoms with Gasteiger partial charge in [-0.2, -0.15) is 0 Å². The van der Waals surface area contributed by atoms with E-state index >= 15 is 0 Å². The zero-order valence-electron chi connectivity index (χ0n) is 10.6. The molecule has 1 fully saturated rings. The zero-order valence-corrected chi connectivity index (χ0v) is 10.6. The van der Waals surface area contributed by atoms with Gasteiger partial charge in [0.1, 0.15) is 5.78 Å². The molecule has 0 bridgehead atoms. The van der Waals surface area contributed by atoms with E-state index in [-0.39, 0.29) is 5.41 Å². The summed E-state index contributed by atoms with van der Waals surface area (Å²) in [5, 5.41) is 0. The quantitative estimate of drug-likeness (QED) is 0.726. The van der Waals surface area contributed by atoms with Gasteiger partial charge < -0.3 is 10.5 Å². The van der Waals surface area contributed by atoms with Crippen molar-refractivity contribution in [1.29, 1.82) is 0 Å². The Labute approximate surface area is 98.7 Å². The summed E-state index contributed by atoms with van der Waals surface area (Å²) in [5.41, 5.74) is 5.48. The van der Waals surface area contributed by atoms with Crippen LogP contribution in [0.3, 0.4) is 0 Å². The molecule has 0 aliphatic carbocycles. The molecule has 3 heteroatoms. The van der Waals surface area contributed by atoms with Crippen LogP contribution in [-0.2, 0) is 9.53 Å². The van der Waals surface area contributed by atoms with E-state index in [0.717, 1.165) is 38.7 Å². The first-order valence-corrected chi connectivity index (χ1v) is 6.53. The molecule has 0 aromatic carbocycles. The molecule has 1 heterocycles. The number of ether oxygens (including phenoxy) is 1. The largest absolute Gasteiger partial charge is 0.378 e. The first-order valence-electron chi connectivity index (χ1n) is 6.53. The molecule has 1 aliphatic heterocycles. The maximum atomic E-state index is 12.2. The molecular weight excluding hydrogens is 202 g/mol. The van der Waals surface area contributed by atoms with Crippen molar-refractivity contribution >= 4 is 5.78 Å². The first-order chi connectivity index (χ1) is 7.68. The maximum absolute atomic E-state index is 12.2. The summed E-state index contributed by atoms with van der Waals surface area (Å²) in [5.74, 6) is 0.329. The molecule has 0 aromatic rings. The van der Waals surface area contributed by atoms with E-state index in [2.05, 4.69) is 13.8 Å². The number of Topliss-reactive ketones (excluding diaryl/α,β-unsaturated/α-hetero) is 1. The van der Waals surface area contributed by atoms with Crippen LogP contribution in [0.2, 0.25) is 0 Å². The zero-order chi connectivity index (χ0) is 12.0. The molecule has 0 saturated carbocycles. The molecule has 1 atom stereocenters. The third kappa shape index (κ3) is 3.05. The van der Waals surface area contributed by atoms with E-state index in [1.54, 1.807) is 0 Å². The van der Waals surface area contributed by atoms with Crippen molar-refractivity contribution in [3.05, 3.63) is 0 Å². The van der Waals surface area contributed by atoms with Crippen LogP contribution in [0.1, 0.15) is 52.4 Å². The lowest BCUT2D eigenvalue weighted by Crippen LogP contribution is -2.37. The van der Waals surface area contributed by atoms with Gasteiger partial charge in [0.05, 0.1) is 6.10 Å². The highest BCUT2D eigenvalue weighted by molar-refractivity contribution is 5.85. The fourth-order valence-electron chi connectivity index (χ4n) is 2.48. The minimum absolute atomic E-state index is 0.279. The lowest BCUT2D eigenvalue weighted by Gasteiger charge is -2.28. The number of ketones is 1. The van der Waals surface area contributed by atoms with Gasteiger partial charge >= 0.3 is 0 Å². The van der Waals surface area contributed by atoms with Crippen molar-refractivity contribution in [3.63, 3.8) is 0 Å². The number of hydrogen-bond donors (Lipinski definition) is 1. The van der Waals surface area contributed by atoms with Crippen molar-refractivity contribution in [1.82, 2.24) is 0 Å². The Morgan fingerprint density at radius 1 is 1.44 bits per heavy atom. The van der Waals surface area contributed by atoms with E-state index in [1.165, 1.54) is 0 Å². The molecule has 0 spiro atoms. The first kappa shape index (κ1) is 13.7. The Bertz CT molecular complexity index is 210. The van der Waals surface area contributed by atoms with Crippen molar-refractivity contribution in [2.45, 2.75) is 58.5 Å². The summed E-state index contributed by atoms with van der Waals surface area (Å²) < 4.78 is 5.53. The van der Waals surface area contributed by atoms with Gasteiger partial charge in [0.25, 0.3) is 0 Å². The van der Waals surface area contributed by atoms with Crippen LogP contribution in [-0.4, -0.2) is 25.0 Å². The monoisotopic (exact) mass is 227 g/mol. The molecule has 1 unspecified atom stereocenters. The van der Waals surface area contributed by atoms with Gasteiger partial charge in [0, 0.05) is 25.0 Å². The number of nitrogens with two attached hydrogens (primary N) is 1. The predicted octanol–water partition coefficient (Wildman–Crippen LogP) is 2.28. The minimum Gasteiger partial charge on any atom is -0.378 e. The highest BCUT2D eigenvalue weighted by atomic mass is 16.5. The summed E-state index contributed by atoms with van der Waals surface area (Å²) in [6.45, 7) is 5.45. The molecule has 16 heavy (non-hydrogen) atoms. The molecule has 3 nitrogen and oxygen atoms in total. The highest BCUT2D eigenvalue weighted by Gasteiger charge is 2.33. The number of rotatable bonds is 7. The lowest BCUT2D eigenvalue weighted by atomic mass is 9.76. The van der Waals surface area contributed by atoms with Gasteiger partial charge in [0.2, 0.25) is 0 Å². The van der Waals surface area contributed by atoms with Gasteiger partial charge in [-0.05, 0) is 32.1 Å². The van der Waals surface area contributed by atoms with Crippen molar-refractivity contribution < 1.29 is 9.53 Å². The van der Waals surface area contributed by atoms with E-state index < -0.39 is 0 Å². The Balaban J connectivity index is 2.42. The Morgan fingerprint density at radius 3 is 2.56 bits per heavy atom. The van der Waals surface area contributed by atoms with E-state index in [9.17, 15) is 4.79 Å². The van der Waals surface area contributed by atoms with Crippen LogP contribution in [0, 0.1) is 5.41 Å². The number of carbonyl (C=O) groups is 1. The number of hydrogen-bond acceptors (Lipinski definition) is 3. The smallest absolute Gasteiger partial charge is 0.140 e. The Kier molecular flexibility index (Phi) is 5.42. The molecule has 2 N–H and O–H groups in total. The Hall–Kier alpha value is -0.410. The fraction of sp³-hybridized carbons (Fsp3) is 0.923. The maximum Gasteiger partial charge on any atom is 0.140 e. The molecule has 1 aliphatic rings. The molecule has 0 aromatic heterocycles. The summed E-state index contributed by atoms with van der Waals surface area (Å²) in [7, 11) is 0. The van der Waals surface area contributed by atoms with Crippen LogP contribution >= 0.6 is 0 Å². The number of carbonyl (C=O) groups excluding carboxylic acids is 1. The lowest BCUT2D eigenvalue weighted by molar-refractivity contribution is -0.129. The second-order valence-electron chi connectivity index (χ2n) is 4.79. The van der Waals surface area contributed by atoms with Gasteiger partial charge in [-0.3, -0.25) is 4.79 Å². The minimum atomic E-state index is -0.279. The summed E-state index contributed by atoms with van der Waals surface area (Å²) in [6, 6.07) is 0. The molecule has 1 saturated heterocycles. The van der Waals surface area contributed by atoms with E-state index in [4.69, 9.17) is 10.5 Å². The van der Waals surface area contributed by atoms with Gasteiger partial charge in [-0.25, -0.2) is 0 Å².